The zero-order chi connectivity index (χ0) is 21.5. The minimum absolute atomic E-state index is 0.823. The standard InChI is InChI=1S/2C7H8O2S.2C5H5.Zr/c2*1-9-10-7-4-2-6(8)3-5-7;2*1-2-4-5-3-1;/h2*2-5,8H,1H3;2*1-3H,4H2;/q;;;;+2/p-2. The molecule has 0 bridgehead atoms. The van der Waals surface area contributed by atoms with Gasteiger partial charge in [0.1, 0.15) is 0 Å². The van der Waals surface area contributed by atoms with Gasteiger partial charge in [-0.05, 0) is 0 Å². The van der Waals surface area contributed by atoms with Crippen LogP contribution in [-0.2, 0) is 29.5 Å². The molecule has 0 unspecified atom stereocenters. The van der Waals surface area contributed by atoms with Crippen molar-refractivity contribution in [2.75, 3.05) is 14.2 Å². The van der Waals surface area contributed by atoms with Gasteiger partial charge in [0.2, 0.25) is 0 Å². The van der Waals surface area contributed by atoms with Crippen LogP contribution >= 0.6 is 24.1 Å². The summed E-state index contributed by atoms with van der Waals surface area (Å²) in [6.45, 7) is 0. The third kappa shape index (κ3) is 5.47. The molecule has 0 atom stereocenters. The number of rotatable bonds is 10. The molecular formula is C24H24O4S2Zr. The zero-order valence-corrected chi connectivity index (χ0v) is 21.5. The first-order valence-electron chi connectivity index (χ1n) is 9.95. The Kier molecular flexibility index (Phi) is 7.97. The monoisotopic (exact) mass is 530 g/mol. The Morgan fingerprint density at radius 3 is 1.39 bits per heavy atom. The van der Waals surface area contributed by atoms with Crippen molar-refractivity contribution < 1.29 is 35.1 Å². The molecule has 31 heavy (non-hydrogen) atoms. The van der Waals surface area contributed by atoms with Crippen LogP contribution in [0.25, 0.3) is 0 Å². The first-order valence-corrected chi connectivity index (χ1v) is 15.9. The summed E-state index contributed by atoms with van der Waals surface area (Å²) in [5.41, 5.74) is 0. The van der Waals surface area contributed by atoms with Gasteiger partial charge in [-0.15, -0.1) is 0 Å². The minimum atomic E-state index is -3.95. The fourth-order valence-electron chi connectivity index (χ4n) is 3.52. The van der Waals surface area contributed by atoms with Gasteiger partial charge in [-0.2, -0.15) is 0 Å². The Bertz CT molecular complexity index is 927. The van der Waals surface area contributed by atoms with Crippen LogP contribution in [0.4, 0.5) is 0 Å². The van der Waals surface area contributed by atoms with E-state index in [1.807, 2.05) is 48.5 Å². The van der Waals surface area contributed by atoms with Gasteiger partial charge in [-0.1, -0.05) is 0 Å². The molecule has 0 saturated carbocycles. The molecule has 2 aromatic carbocycles. The third-order valence-corrected chi connectivity index (χ3v) is 14.7. The van der Waals surface area contributed by atoms with E-state index in [4.69, 9.17) is 14.0 Å². The van der Waals surface area contributed by atoms with Crippen LogP contribution in [0.3, 0.4) is 0 Å². The second-order valence-electron chi connectivity index (χ2n) is 6.91. The van der Waals surface area contributed by atoms with Crippen LogP contribution in [0.1, 0.15) is 12.8 Å². The maximum atomic E-state index is 6.88. The van der Waals surface area contributed by atoms with Gasteiger partial charge in [0, 0.05) is 0 Å². The molecule has 0 heterocycles. The summed E-state index contributed by atoms with van der Waals surface area (Å²) < 4.78 is 26.6. The van der Waals surface area contributed by atoms with E-state index in [1.54, 1.807) is 14.2 Å². The second-order valence-corrected chi connectivity index (χ2v) is 16.0. The third-order valence-electron chi connectivity index (χ3n) is 4.92. The molecule has 0 aromatic heterocycles. The molecule has 4 rings (SSSR count). The van der Waals surface area contributed by atoms with E-state index in [2.05, 4.69) is 36.5 Å². The average molecular weight is 532 g/mol. The Balaban J connectivity index is 1.69. The molecule has 160 valence electrons. The molecule has 0 radical (unpaired) electrons. The van der Waals surface area contributed by atoms with E-state index in [-0.39, 0.29) is 0 Å². The predicted octanol–water partition coefficient (Wildman–Crippen LogP) is 7.12. The molecule has 2 aliphatic carbocycles. The van der Waals surface area contributed by atoms with Gasteiger partial charge in [0.15, 0.2) is 0 Å². The van der Waals surface area contributed by atoms with Crippen molar-refractivity contribution >= 4 is 24.1 Å². The van der Waals surface area contributed by atoms with Gasteiger partial charge in [-0.3, -0.25) is 0 Å². The molecule has 0 N–H and O–H groups in total. The summed E-state index contributed by atoms with van der Waals surface area (Å²) in [6.07, 6.45) is 14.6. The second kappa shape index (κ2) is 10.9. The van der Waals surface area contributed by atoms with E-state index >= 15 is 0 Å². The summed E-state index contributed by atoms with van der Waals surface area (Å²) >= 11 is -1.28. The van der Waals surface area contributed by atoms with Gasteiger partial charge in [0.05, 0.1) is 0 Å². The SMILES string of the molecule is COSc1ccc([O][Zr]([O]c2ccc(SOC)cc2)([C]2=CC=CC2)[C]2=CC=CC2)cc1. The van der Waals surface area contributed by atoms with Gasteiger partial charge in [-0.25, -0.2) is 0 Å². The first-order chi connectivity index (χ1) is 15.2. The van der Waals surface area contributed by atoms with Crippen molar-refractivity contribution in [3.8, 4) is 11.5 Å². The van der Waals surface area contributed by atoms with Crippen molar-refractivity contribution in [2.24, 2.45) is 0 Å². The molecule has 0 spiro atoms. The average Bonchev–Trinajstić information content (AvgIpc) is 3.51. The number of hydrogen-bond acceptors (Lipinski definition) is 6. The van der Waals surface area contributed by atoms with Crippen LogP contribution in [0.2, 0.25) is 0 Å². The summed E-state index contributed by atoms with van der Waals surface area (Å²) in [4.78, 5) is 2.07. The summed E-state index contributed by atoms with van der Waals surface area (Å²) in [5, 5.41) is 0. The van der Waals surface area contributed by atoms with Crippen LogP contribution in [0, 0.1) is 0 Å². The van der Waals surface area contributed by atoms with E-state index in [1.165, 1.54) is 30.6 Å². The fraction of sp³-hybridized carbons (Fsp3) is 0.167. The Morgan fingerprint density at radius 2 is 1.06 bits per heavy atom. The molecule has 2 aromatic rings. The van der Waals surface area contributed by atoms with Crippen molar-refractivity contribution in [3.05, 3.63) is 91.5 Å². The van der Waals surface area contributed by atoms with Crippen LogP contribution in [-0.4, -0.2) is 14.2 Å². The molecule has 4 nitrogen and oxygen atoms in total. The molecule has 2 aliphatic rings. The molecule has 7 heteroatoms. The molecular weight excluding hydrogens is 508 g/mol. The number of benzene rings is 2. The first kappa shape index (κ1) is 22.7. The predicted molar refractivity (Wildman–Crippen MR) is 124 cm³/mol. The van der Waals surface area contributed by atoms with Crippen LogP contribution in [0.15, 0.2) is 101 Å². The Morgan fingerprint density at radius 1 is 0.645 bits per heavy atom. The van der Waals surface area contributed by atoms with Crippen LogP contribution in [0.5, 0.6) is 11.5 Å². The fourth-order valence-corrected chi connectivity index (χ4v) is 12.6. The van der Waals surface area contributed by atoms with E-state index in [0.29, 0.717) is 0 Å². The van der Waals surface area contributed by atoms with Crippen molar-refractivity contribution in [1.82, 2.24) is 0 Å². The topological polar surface area (TPSA) is 36.9 Å². The van der Waals surface area contributed by atoms with Gasteiger partial charge in [0.25, 0.3) is 0 Å². The van der Waals surface area contributed by atoms with E-state index in [0.717, 1.165) is 34.1 Å². The quantitative estimate of drug-likeness (QED) is 0.304. The van der Waals surface area contributed by atoms with E-state index < -0.39 is 21.1 Å². The Hall–Kier alpha value is -1.50. The van der Waals surface area contributed by atoms with E-state index in [9.17, 15) is 0 Å². The molecule has 0 amide bonds. The Labute approximate surface area is 198 Å². The zero-order valence-electron chi connectivity index (χ0n) is 17.4. The van der Waals surface area contributed by atoms with Crippen molar-refractivity contribution in [2.45, 2.75) is 22.6 Å². The number of hydrogen-bond donors (Lipinski definition) is 0. The summed E-state index contributed by atoms with van der Waals surface area (Å²) in [5.74, 6) is 1.65. The summed E-state index contributed by atoms with van der Waals surface area (Å²) in [6, 6.07) is 16.1. The summed E-state index contributed by atoms with van der Waals surface area (Å²) in [7, 11) is 3.33. The molecule has 0 saturated heterocycles. The van der Waals surface area contributed by atoms with Gasteiger partial charge >= 0.3 is 199 Å². The molecule has 0 aliphatic heterocycles. The van der Waals surface area contributed by atoms with Crippen molar-refractivity contribution in [3.63, 3.8) is 0 Å². The van der Waals surface area contributed by atoms with Crippen LogP contribution < -0.4 is 5.63 Å². The normalized spacial score (nSPS) is 15.2. The number of allylic oxidation sites excluding steroid dienone is 8. The van der Waals surface area contributed by atoms with Gasteiger partial charge < -0.3 is 0 Å². The maximum absolute atomic E-state index is 6.88. The molecule has 0 fully saturated rings. The van der Waals surface area contributed by atoms with Crippen molar-refractivity contribution in [1.29, 1.82) is 0 Å².